The molecule has 0 unspecified atom stereocenters. The Kier molecular flexibility index (Phi) is 6.44. The molecule has 0 radical (unpaired) electrons. The van der Waals surface area contributed by atoms with Gasteiger partial charge < -0.3 is 14.4 Å². The normalized spacial score (nSPS) is 17.0. The first-order chi connectivity index (χ1) is 16.4. The average Bonchev–Trinajstić information content (AvgIpc) is 3.18. The number of hydrogen-bond donors (Lipinski definition) is 0. The maximum Gasteiger partial charge on any atom is 0.254 e. The van der Waals surface area contributed by atoms with Crippen LogP contribution in [0, 0.1) is 6.92 Å². The minimum Gasteiger partial charge on any atom is -0.491 e. The van der Waals surface area contributed by atoms with Crippen molar-refractivity contribution >= 4 is 27.3 Å². The molecule has 9 heteroatoms. The summed E-state index contributed by atoms with van der Waals surface area (Å²) in [6.45, 7) is 4.53. The Hall–Kier alpha value is -2.72. The number of fused-ring (bicyclic) bond motifs is 1. The molecule has 2 aliphatic heterocycles. The van der Waals surface area contributed by atoms with E-state index in [9.17, 15) is 13.2 Å². The number of amides is 1. The molecule has 178 valence electrons. The molecule has 0 N–H and O–H groups in total. The van der Waals surface area contributed by atoms with Gasteiger partial charge in [0.05, 0.1) is 24.7 Å². The predicted molar refractivity (Wildman–Crippen MR) is 131 cm³/mol. The standard InChI is InChI=1S/C25H26N2O5S2/c1-18-6-7-24(33-18)20-14-21(16-22(15-20)34(29,30)27-9-11-31-12-10-27)25(28)26-8-13-32-23-5-3-2-4-19(23)17-26/h2-7,14-16H,8-13,17H2,1H3. The lowest BCUT2D eigenvalue weighted by molar-refractivity contribution is 0.0727. The van der Waals surface area contributed by atoms with Crippen molar-refractivity contribution in [3.8, 4) is 16.2 Å². The second-order valence-electron chi connectivity index (χ2n) is 8.36. The van der Waals surface area contributed by atoms with Gasteiger partial charge in [-0.2, -0.15) is 4.31 Å². The number of sulfonamides is 1. The molecule has 1 fully saturated rings. The SMILES string of the molecule is Cc1ccc(-c2cc(C(=O)N3CCOc4ccccc4C3)cc(S(=O)(=O)N3CCOCC3)c2)s1. The van der Waals surface area contributed by atoms with Gasteiger partial charge in [-0.25, -0.2) is 8.42 Å². The third kappa shape index (κ3) is 4.61. The van der Waals surface area contributed by atoms with E-state index in [4.69, 9.17) is 9.47 Å². The summed E-state index contributed by atoms with van der Waals surface area (Å²) in [4.78, 5) is 17.5. The molecule has 0 spiro atoms. The van der Waals surface area contributed by atoms with Crippen LogP contribution in [0.5, 0.6) is 5.75 Å². The Balaban J connectivity index is 1.55. The maximum absolute atomic E-state index is 13.7. The van der Waals surface area contributed by atoms with Gasteiger partial charge in [-0.15, -0.1) is 11.3 Å². The van der Waals surface area contributed by atoms with Crippen molar-refractivity contribution in [3.05, 3.63) is 70.6 Å². The first kappa shape index (κ1) is 23.0. The summed E-state index contributed by atoms with van der Waals surface area (Å²) in [5.41, 5.74) is 2.01. The minimum absolute atomic E-state index is 0.132. The van der Waals surface area contributed by atoms with Crippen molar-refractivity contribution in [1.29, 1.82) is 0 Å². The molecular formula is C25H26N2O5S2. The van der Waals surface area contributed by atoms with E-state index in [1.54, 1.807) is 28.4 Å². The summed E-state index contributed by atoms with van der Waals surface area (Å²) in [6, 6.07) is 16.6. The highest BCUT2D eigenvalue weighted by molar-refractivity contribution is 7.89. The summed E-state index contributed by atoms with van der Waals surface area (Å²) < 4.78 is 39.5. The first-order valence-electron chi connectivity index (χ1n) is 11.2. The van der Waals surface area contributed by atoms with Crippen molar-refractivity contribution in [2.75, 3.05) is 39.5 Å². The van der Waals surface area contributed by atoms with Gasteiger partial charge in [0.1, 0.15) is 12.4 Å². The average molecular weight is 499 g/mol. The van der Waals surface area contributed by atoms with E-state index in [0.29, 0.717) is 51.6 Å². The Labute approximate surface area is 203 Å². The molecule has 0 bridgehead atoms. The zero-order valence-corrected chi connectivity index (χ0v) is 20.5. The fourth-order valence-corrected chi connectivity index (χ4v) is 6.56. The number of carbonyl (C=O) groups excluding carboxylic acids is 1. The van der Waals surface area contributed by atoms with Crippen molar-refractivity contribution in [2.45, 2.75) is 18.4 Å². The highest BCUT2D eigenvalue weighted by Gasteiger charge is 2.29. The van der Waals surface area contributed by atoms with E-state index in [0.717, 1.165) is 26.6 Å². The lowest BCUT2D eigenvalue weighted by atomic mass is 10.1. The van der Waals surface area contributed by atoms with E-state index < -0.39 is 10.0 Å². The van der Waals surface area contributed by atoms with Crippen molar-refractivity contribution < 1.29 is 22.7 Å². The quantitative estimate of drug-likeness (QED) is 0.547. The third-order valence-electron chi connectivity index (χ3n) is 6.03. The molecular weight excluding hydrogens is 472 g/mol. The number of morpholine rings is 1. The first-order valence-corrected chi connectivity index (χ1v) is 13.5. The Morgan fingerprint density at radius 1 is 0.971 bits per heavy atom. The van der Waals surface area contributed by atoms with Gasteiger partial charge in [0, 0.05) is 40.5 Å². The largest absolute Gasteiger partial charge is 0.491 e. The Morgan fingerprint density at radius 3 is 2.53 bits per heavy atom. The van der Waals surface area contributed by atoms with Crippen LogP contribution in [0.15, 0.2) is 59.5 Å². The van der Waals surface area contributed by atoms with Gasteiger partial charge in [-0.05, 0) is 48.9 Å². The van der Waals surface area contributed by atoms with Crippen LogP contribution in [-0.2, 0) is 21.3 Å². The van der Waals surface area contributed by atoms with Crippen molar-refractivity contribution in [3.63, 3.8) is 0 Å². The fraction of sp³-hybridized carbons (Fsp3) is 0.320. The van der Waals surface area contributed by atoms with Crippen LogP contribution in [0.3, 0.4) is 0 Å². The minimum atomic E-state index is -3.77. The molecule has 5 rings (SSSR count). The molecule has 1 aromatic heterocycles. The zero-order chi connectivity index (χ0) is 23.7. The van der Waals surface area contributed by atoms with Crippen LogP contribution in [0.25, 0.3) is 10.4 Å². The van der Waals surface area contributed by atoms with Crippen LogP contribution in [-0.4, -0.2) is 63.0 Å². The number of hydrogen-bond acceptors (Lipinski definition) is 6. The van der Waals surface area contributed by atoms with Crippen LogP contribution >= 0.6 is 11.3 Å². The monoisotopic (exact) mass is 498 g/mol. The number of thiophene rings is 1. The fourth-order valence-electron chi connectivity index (χ4n) is 4.22. The molecule has 2 aromatic carbocycles. The molecule has 7 nitrogen and oxygen atoms in total. The van der Waals surface area contributed by atoms with Crippen LogP contribution in [0.2, 0.25) is 0 Å². The molecule has 3 aromatic rings. The van der Waals surface area contributed by atoms with Crippen molar-refractivity contribution in [1.82, 2.24) is 9.21 Å². The number of ether oxygens (including phenoxy) is 2. The number of aryl methyl sites for hydroxylation is 1. The van der Waals surface area contributed by atoms with E-state index in [-0.39, 0.29) is 10.8 Å². The molecule has 34 heavy (non-hydrogen) atoms. The number of para-hydroxylation sites is 1. The van der Waals surface area contributed by atoms with Crippen molar-refractivity contribution in [2.24, 2.45) is 0 Å². The highest BCUT2D eigenvalue weighted by Crippen LogP contribution is 2.32. The number of carbonyl (C=O) groups is 1. The van der Waals surface area contributed by atoms with Crippen LogP contribution < -0.4 is 4.74 Å². The van der Waals surface area contributed by atoms with Gasteiger partial charge in [-0.1, -0.05) is 18.2 Å². The summed E-state index contributed by atoms with van der Waals surface area (Å²) in [7, 11) is -3.77. The second kappa shape index (κ2) is 9.50. The topological polar surface area (TPSA) is 76.2 Å². The number of benzene rings is 2. The Morgan fingerprint density at radius 2 is 1.76 bits per heavy atom. The van der Waals surface area contributed by atoms with Gasteiger partial charge >= 0.3 is 0 Å². The summed E-state index contributed by atoms with van der Waals surface area (Å²) in [6.07, 6.45) is 0. The zero-order valence-electron chi connectivity index (χ0n) is 18.9. The van der Waals surface area contributed by atoms with Crippen LogP contribution in [0.4, 0.5) is 0 Å². The van der Waals surface area contributed by atoms with E-state index in [2.05, 4.69) is 0 Å². The van der Waals surface area contributed by atoms with Gasteiger partial charge in [0.25, 0.3) is 5.91 Å². The highest BCUT2D eigenvalue weighted by atomic mass is 32.2. The Bertz CT molecular complexity index is 1310. The molecule has 2 aliphatic rings. The predicted octanol–water partition coefficient (Wildman–Crippen LogP) is 3.78. The van der Waals surface area contributed by atoms with E-state index in [1.165, 1.54) is 10.4 Å². The van der Waals surface area contributed by atoms with E-state index >= 15 is 0 Å². The molecule has 0 atom stereocenters. The van der Waals surface area contributed by atoms with Gasteiger partial charge in [-0.3, -0.25) is 4.79 Å². The molecule has 3 heterocycles. The lowest BCUT2D eigenvalue weighted by Gasteiger charge is -2.26. The molecule has 1 saturated heterocycles. The van der Waals surface area contributed by atoms with Gasteiger partial charge in [0.15, 0.2) is 0 Å². The lowest BCUT2D eigenvalue weighted by Crippen LogP contribution is -2.40. The summed E-state index contributed by atoms with van der Waals surface area (Å²) in [5.74, 6) is 0.560. The number of nitrogens with zero attached hydrogens (tertiary/aromatic N) is 2. The molecule has 0 saturated carbocycles. The second-order valence-corrected chi connectivity index (χ2v) is 11.6. The smallest absolute Gasteiger partial charge is 0.254 e. The van der Waals surface area contributed by atoms with E-state index in [1.807, 2.05) is 43.3 Å². The third-order valence-corrected chi connectivity index (χ3v) is 8.95. The summed E-state index contributed by atoms with van der Waals surface area (Å²) in [5, 5.41) is 0. The maximum atomic E-state index is 13.7. The summed E-state index contributed by atoms with van der Waals surface area (Å²) >= 11 is 1.57. The van der Waals surface area contributed by atoms with Crippen LogP contribution in [0.1, 0.15) is 20.8 Å². The molecule has 1 amide bonds. The van der Waals surface area contributed by atoms with Gasteiger partial charge in [0.2, 0.25) is 10.0 Å². The molecule has 0 aliphatic carbocycles. The number of rotatable bonds is 4.